The van der Waals surface area contributed by atoms with Gasteiger partial charge in [-0.25, -0.2) is 9.97 Å². The molecule has 0 aliphatic carbocycles. The van der Waals surface area contributed by atoms with E-state index < -0.39 is 0 Å². The first-order valence-electron chi connectivity index (χ1n) is 8.84. The van der Waals surface area contributed by atoms with Crippen LogP contribution in [-0.4, -0.2) is 51.5 Å². The third kappa shape index (κ3) is 3.56. The van der Waals surface area contributed by atoms with Gasteiger partial charge in [-0.15, -0.1) is 0 Å². The number of anilines is 2. The number of fused-ring (bicyclic) bond motifs is 1. The molecule has 1 aromatic carbocycles. The van der Waals surface area contributed by atoms with Crippen LogP contribution >= 0.6 is 11.5 Å². The number of nitrogens with two attached hydrogens (primary N) is 1. The van der Waals surface area contributed by atoms with Crippen molar-refractivity contribution in [1.29, 1.82) is 0 Å². The maximum Gasteiger partial charge on any atom is 0.268 e. The summed E-state index contributed by atoms with van der Waals surface area (Å²) in [5, 5.41) is 0.728. The summed E-state index contributed by atoms with van der Waals surface area (Å²) in [5.74, 6) is 0.809. The van der Waals surface area contributed by atoms with Crippen molar-refractivity contribution in [1.82, 2.24) is 18.8 Å². The molecule has 1 aliphatic heterocycles. The zero-order valence-electron chi connectivity index (χ0n) is 14.5. The molecule has 0 saturated carbocycles. The summed E-state index contributed by atoms with van der Waals surface area (Å²) in [5.41, 5.74) is 6.50. The van der Waals surface area contributed by atoms with Crippen molar-refractivity contribution in [2.75, 3.05) is 43.4 Å². The number of hydrogen-bond acceptors (Lipinski definition) is 7. The first-order chi connectivity index (χ1) is 12.7. The molecule has 8 heteroatoms. The summed E-state index contributed by atoms with van der Waals surface area (Å²) in [6.07, 6.45) is 4.53. The number of nitrogens with zero attached hydrogens (tertiary/aromatic N) is 5. The molecule has 0 unspecified atom stereocenters. The van der Waals surface area contributed by atoms with Crippen LogP contribution in [0, 0.1) is 0 Å². The summed E-state index contributed by atoms with van der Waals surface area (Å²) >= 11 is 1.52. The van der Waals surface area contributed by atoms with Gasteiger partial charge in [0.2, 0.25) is 5.95 Å². The average molecular weight is 370 g/mol. The Hall–Kier alpha value is -2.45. The van der Waals surface area contributed by atoms with Gasteiger partial charge >= 0.3 is 0 Å². The van der Waals surface area contributed by atoms with E-state index in [4.69, 9.17) is 5.73 Å². The summed E-state index contributed by atoms with van der Waals surface area (Å²) in [4.78, 5) is 25.7. The maximum atomic E-state index is 12.4. The second-order valence-electron chi connectivity index (χ2n) is 6.49. The molecule has 7 nitrogen and oxygen atoms in total. The van der Waals surface area contributed by atoms with Gasteiger partial charge in [-0.2, -0.15) is 0 Å². The van der Waals surface area contributed by atoms with Crippen LogP contribution in [0.15, 0.2) is 41.5 Å². The number of nitrogen functional groups attached to an aromatic ring is 1. The van der Waals surface area contributed by atoms with Gasteiger partial charge in [0.1, 0.15) is 0 Å². The van der Waals surface area contributed by atoms with E-state index in [0.717, 1.165) is 61.7 Å². The first-order valence-corrected chi connectivity index (χ1v) is 9.62. The first kappa shape index (κ1) is 17.0. The van der Waals surface area contributed by atoms with Crippen LogP contribution in [0.4, 0.5) is 11.6 Å². The molecule has 0 amide bonds. The molecule has 0 spiro atoms. The van der Waals surface area contributed by atoms with E-state index in [9.17, 15) is 4.79 Å². The largest absolute Gasteiger partial charge is 0.399 e. The number of aryl methyl sites for hydroxylation is 1. The lowest BCUT2D eigenvalue weighted by atomic mass is 10.2. The van der Waals surface area contributed by atoms with Crippen LogP contribution in [0.2, 0.25) is 0 Å². The van der Waals surface area contributed by atoms with Crippen LogP contribution in [0.1, 0.15) is 6.42 Å². The Morgan fingerprint density at radius 1 is 1.08 bits per heavy atom. The molecule has 1 fully saturated rings. The molecule has 26 heavy (non-hydrogen) atoms. The Kier molecular flexibility index (Phi) is 4.85. The highest BCUT2D eigenvalue weighted by molar-refractivity contribution is 7.13. The minimum absolute atomic E-state index is 0.0725. The predicted molar refractivity (Wildman–Crippen MR) is 106 cm³/mol. The Labute approximate surface area is 155 Å². The lowest BCUT2D eigenvalue weighted by Gasteiger charge is -2.34. The minimum Gasteiger partial charge on any atom is -0.399 e. The minimum atomic E-state index is 0.0725. The second-order valence-corrected chi connectivity index (χ2v) is 7.55. The molecule has 2 N–H and O–H groups in total. The second kappa shape index (κ2) is 7.43. The highest BCUT2D eigenvalue weighted by Crippen LogP contribution is 2.19. The molecule has 0 bridgehead atoms. The normalized spacial score (nSPS) is 15.6. The van der Waals surface area contributed by atoms with Crippen LogP contribution < -0.4 is 16.2 Å². The summed E-state index contributed by atoms with van der Waals surface area (Å²) in [6, 6.07) is 7.39. The van der Waals surface area contributed by atoms with Gasteiger partial charge < -0.3 is 10.6 Å². The molecular formula is C18H22N6OS. The van der Waals surface area contributed by atoms with Crippen LogP contribution in [0.5, 0.6) is 0 Å². The molecule has 3 heterocycles. The smallest absolute Gasteiger partial charge is 0.268 e. The van der Waals surface area contributed by atoms with Crippen molar-refractivity contribution in [3.63, 3.8) is 0 Å². The van der Waals surface area contributed by atoms with E-state index in [1.807, 2.05) is 22.2 Å². The summed E-state index contributed by atoms with van der Waals surface area (Å²) < 4.78 is 2.85. The Morgan fingerprint density at radius 3 is 2.62 bits per heavy atom. The van der Waals surface area contributed by atoms with Crippen LogP contribution in [0.25, 0.3) is 10.1 Å². The van der Waals surface area contributed by atoms with E-state index in [2.05, 4.69) is 19.8 Å². The van der Waals surface area contributed by atoms with E-state index in [0.29, 0.717) is 5.69 Å². The Morgan fingerprint density at radius 2 is 1.85 bits per heavy atom. The molecular weight excluding hydrogens is 348 g/mol. The van der Waals surface area contributed by atoms with Gasteiger partial charge in [-0.1, -0.05) is 11.5 Å². The standard InChI is InChI=1S/C18H22N6OS/c19-14-3-4-16-15(13-14)17(25)24(26-16)8-2-7-22-9-11-23(12-10-22)18-20-5-1-6-21-18/h1,3-6,13H,2,7-12,19H2. The van der Waals surface area contributed by atoms with E-state index in [-0.39, 0.29) is 5.56 Å². The van der Waals surface area contributed by atoms with Gasteiger partial charge in [0.25, 0.3) is 5.56 Å². The fourth-order valence-corrected chi connectivity index (χ4v) is 4.31. The van der Waals surface area contributed by atoms with E-state index in [1.54, 1.807) is 18.5 Å². The topological polar surface area (TPSA) is 80.3 Å². The molecule has 1 saturated heterocycles. The molecule has 4 rings (SSSR count). The fourth-order valence-electron chi connectivity index (χ4n) is 3.30. The Balaban J connectivity index is 1.29. The van der Waals surface area contributed by atoms with E-state index in [1.165, 1.54) is 11.5 Å². The highest BCUT2D eigenvalue weighted by Gasteiger charge is 2.18. The number of aromatic nitrogens is 3. The van der Waals surface area contributed by atoms with Crippen molar-refractivity contribution in [3.8, 4) is 0 Å². The molecule has 3 aromatic rings. The molecule has 0 radical (unpaired) electrons. The quantitative estimate of drug-likeness (QED) is 0.688. The molecule has 0 atom stereocenters. The SMILES string of the molecule is Nc1ccc2sn(CCCN3CCN(c4ncccn4)CC3)c(=O)c2c1. The fraction of sp³-hybridized carbons (Fsp3) is 0.389. The van der Waals surface area contributed by atoms with Crippen LogP contribution in [0.3, 0.4) is 0 Å². The van der Waals surface area contributed by atoms with Gasteiger partial charge in [-0.05, 0) is 30.7 Å². The van der Waals surface area contributed by atoms with Crippen molar-refractivity contribution in [2.24, 2.45) is 0 Å². The maximum absolute atomic E-state index is 12.4. The van der Waals surface area contributed by atoms with Crippen molar-refractivity contribution < 1.29 is 0 Å². The number of hydrogen-bond donors (Lipinski definition) is 1. The average Bonchev–Trinajstić information content (AvgIpc) is 2.99. The van der Waals surface area contributed by atoms with Gasteiger partial charge in [0.05, 0.1) is 10.1 Å². The highest BCUT2D eigenvalue weighted by atomic mass is 32.1. The van der Waals surface area contributed by atoms with Crippen LogP contribution in [-0.2, 0) is 6.54 Å². The van der Waals surface area contributed by atoms with Gasteiger partial charge in [0.15, 0.2) is 0 Å². The Bertz CT molecular complexity index is 930. The van der Waals surface area contributed by atoms with Gasteiger partial charge in [0, 0.05) is 57.3 Å². The molecule has 136 valence electrons. The van der Waals surface area contributed by atoms with E-state index >= 15 is 0 Å². The number of rotatable bonds is 5. The third-order valence-corrected chi connectivity index (χ3v) is 5.83. The molecule has 1 aliphatic rings. The summed E-state index contributed by atoms with van der Waals surface area (Å²) in [6.45, 7) is 5.61. The lowest BCUT2D eigenvalue weighted by molar-refractivity contribution is 0.250. The third-order valence-electron chi connectivity index (χ3n) is 4.71. The number of benzene rings is 1. The van der Waals surface area contributed by atoms with Crippen molar-refractivity contribution >= 4 is 33.3 Å². The van der Waals surface area contributed by atoms with Gasteiger partial charge in [-0.3, -0.25) is 13.7 Å². The summed E-state index contributed by atoms with van der Waals surface area (Å²) in [7, 11) is 0. The lowest BCUT2D eigenvalue weighted by Crippen LogP contribution is -2.47. The van der Waals surface area contributed by atoms with Crippen molar-refractivity contribution in [2.45, 2.75) is 13.0 Å². The molecule has 2 aromatic heterocycles. The zero-order valence-corrected chi connectivity index (χ0v) is 15.4. The predicted octanol–water partition coefficient (Wildman–Crippen LogP) is 1.65. The monoisotopic (exact) mass is 370 g/mol. The zero-order chi connectivity index (χ0) is 17.9. The number of piperazine rings is 1. The van der Waals surface area contributed by atoms with Crippen molar-refractivity contribution in [3.05, 3.63) is 47.0 Å².